The standard InChI is InChI=1S/C18H21N3O3S/c1-14(18(22)20-15-7-3-2-4-8-15)19-16-9-5-10-17(13-16)21-11-6-12-25(21,23)24/h2-5,7-10,13-14,19H,6,11-12H2,1H3,(H,20,22)/t14-/m1/s1. The van der Waals surface area contributed by atoms with Gasteiger partial charge in [-0.3, -0.25) is 9.10 Å². The largest absolute Gasteiger partial charge is 0.374 e. The molecule has 3 rings (SSSR count). The van der Waals surface area contributed by atoms with Crippen molar-refractivity contribution in [3.05, 3.63) is 54.6 Å². The highest BCUT2D eigenvalue weighted by Gasteiger charge is 2.28. The van der Waals surface area contributed by atoms with Gasteiger partial charge in [0.25, 0.3) is 0 Å². The van der Waals surface area contributed by atoms with E-state index < -0.39 is 16.1 Å². The molecule has 25 heavy (non-hydrogen) atoms. The van der Waals surface area contributed by atoms with Crippen molar-refractivity contribution in [2.45, 2.75) is 19.4 Å². The van der Waals surface area contributed by atoms with E-state index in [1.807, 2.05) is 36.4 Å². The van der Waals surface area contributed by atoms with E-state index in [2.05, 4.69) is 10.6 Å². The molecule has 0 aromatic heterocycles. The second-order valence-electron chi connectivity index (χ2n) is 6.01. The van der Waals surface area contributed by atoms with Crippen LogP contribution in [0.15, 0.2) is 54.6 Å². The molecule has 2 aromatic rings. The molecule has 2 aromatic carbocycles. The van der Waals surface area contributed by atoms with Crippen molar-refractivity contribution in [3.8, 4) is 0 Å². The van der Waals surface area contributed by atoms with E-state index in [-0.39, 0.29) is 11.7 Å². The van der Waals surface area contributed by atoms with E-state index in [1.165, 1.54) is 4.31 Å². The van der Waals surface area contributed by atoms with Crippen LogP contribution in [-0.4, -0.2) is 32.7 Å². The third-order valence-corrected chi connectivity index (χ3v) is 5.92. The lowest BCUT2D eigenvalue weighted by molar-refractivity contribution is -0.116. The fourth-order valence-corrected chi connectivity index (χ4v) is 4.32. The minimum absolute atomic E-state index is 0.162. The molecule has 0 radical (unpaired) electrons. The van der Waals surface area contributed by atoms with Crippen LogP contribution in [0.25, 0.3) is 0 Å². The average molecular weight is 359 g/mol. The number of nitrogens with zero attached hydrogens (tertiary/aromatic N) is 1. The normalized spacial score (nSPS) is 17.1. The first kappa shape index (κ1) is 17.3. The molecule has 1 saturated heterocycles. The van der Waals surface area contributed by atoms with Gasteiger partial charge in [-0.25, -0.2) is 8.42 Å². The Hall–Kier alpha value is -2.54. The molecule has 1 fully saturated rings. The molecule has 1 heterocycles. The molecule has 0 aliphatic carbocycles. The van der Waals surface area contributed by atoms with E-state index in [0.29, 0.717) is 24.3 Å². The summed E-state index contributed by atoms with van der Waals surface area (Å²) in [6.07, 6.45) is 0.635. The molecule has 0 saturated carbocycles. The van der Waals surface area contributed by atoms with Crippen molar-refractivity contribution in [1.29, 1.82) is 0 Å². The number of rotatable bonds is 5. The van der Waals surface area contributed by atoms with Gasteiger partial charge >= 0.3 is 0 Å². The zero-order chi connectivity index (χ0) is 17.9. The van der Waals surface area contributed by atoms with Crippen molar-refractivity contribution in [1.82, 2.24) is 0 Å². The summed E-state index contributed by atoms with van der Waals surface area (Å²) in [7, 11) is -3.22. The van der Waals surface area contributed by atoms with Crippen LogP contribution in [0.4, 0.5) is 17.1 Å². The Bertz CT molecular complexity index is 853. The number of hydrogen-bond acceptors (Lipinski definition) is 4. The summed E-state index contributed by atoms with van der Waals surface area (Å²) in [5.41, 5.74) is 2.06. The molecule has 7 heteroatoms. The van der Waals surface area contributed by atoms with E-state index >= 15 is 0 Å². The number of benzene rings is 2. The number of carbonyl (C=O) groups excluding carboxylic acids is 1. The minimum atomic E-state index is -3.22. The monoisotopic (exact) mass is 359 g/mol. The van der Waals surface area contributed by atoms with Crippen LogP contribution in [0.1, 0.15) is 13.3 Å². The lowest BCUT2D eigenvalue weighted by Gasteiger charge is -2.20. The number of hydrogen-bond donors (Lipinski definition) is 2. The Balaban J connectivity index is 1.68. The van der Waals surface area contributed by atoms with E-state index in [9.17, 15) is 13.2 Å². The Labute approximate surface area is 147 Å². The number of amides is 1. The molecule has 0 spiro atoms. The molecule has 1 aliphatic heterocycles. The van der Waals surface area contributed by atoms with Gasteiger partial charge in [0.1, 0.15) is 6.04 Å². The van der Waals surface area contributed by atoms with E-state index in [1.54, 1.807) is 25.1 Å². The second kappa shape index (κ2) is 7.14. The summed E-state index contributed by atoms with van der Waals surface area (Å²) < 4.78 is 25.5. The molecular weight excluding hydrogens is 338 g/mol. The van der Waals surface area contributed by atoms with Crippen LogP contribution in [0, 0.1) is 0 Å². The van der Waals surface area contributed by atoms with Gasteiger partial charge in [0.15, 0.2) is 0 Å². The number of carbonyl (C=O) groups is 1. The van der Waals surface area contributed by atoms with Gasteiger partial charge in [-0.15, -0.1) is 0 Å². The highest BCUT2D eigenvalue weighted by atomic mass is 32.2. The van der Waals surface area contributed by atoms with Crippen molar-refractivity contribution in [2.75, 3.05) is 27.2 Å². The van der Waals surface area contributed by atoms with Crippen LogP contribution >= 0.6 is 0 Å². The maximum Gasteiger partial charge on any atom is 0.246 e. The molecule has 1 aliphatic rings. The summed E-state index contributed by atoms with van der Waals surface area (Å²) in [5.74, 6) is 0.0194. The smallest absolute Gasteiger partial charge is 0.246 e. The van der Waals surface area contributed by atoms with Gasteiger partial charge in [0.05, 0.1) is 11.4 Å². The van der Waals surface area contributed by atoms with Crippen molar-refractivity contribution < 1.29 is 13.2 Å². The summed E-state index contributed by atoms with van der Waals surface area (Å²) in [5, 5.41) is 5.96. The highest BCUT2D eigenvalue weighted by Crippen LogP contribution is 2.26. The lowest BCUT2D eigenvalue weighted by Crippen LogP contribution is -2.32. The molecule has 2 N–H and O–H groups in total. The predicted molar refractivity (Wildman–Crippen MR) is 100 cm³/mol. The Kier molecular flexibility index (Phi) is 4.94. The van der Waals surface area contributed by atoms with E-state index in [4.69, 9.17) is 0 Å². The third kappa shape index (κ3) is 4.11. The highest BCUT2D eigenvalue weighted by molar-refractivity contribution is 7.93. The quantitative estimate of drug-likeness (QED) is 0.860. The van der Waals surface area contributed by atoms with Crippen LogP contribution in [-0.2, 0) is 14.8 Å². The number of nitrogens with one attached hydrogen (secondary N) is 2. The average Bonchev–Trinajstić information content (AvgIpc) is 2.95. The summed E-state index contributed by atoms with van der Waals surface area (Å²) in [4.78, 5) is 12.3. The topological polar surface area (TPSA) is 78.5 Å². The first-order chi connectivity index (χ1) is 12.0. The van der Waals surface area contributed by atoms with Gasteiger partial charge in [-0.1, -0.05) is 24.3 Å². The predicted octanol–water partition coefficient (Wildman–Crippen LogP) is 2.67. The third-order valence-electron chi connectivity index (χ3n) is 4.05. The molecular formula is C18H21N3O3S. The second-order valence-corrected chi connectivity index (χ2v) is 8.03. The van der Waals surface area contributed by atoms with Gasteiger partial charge < -0.3 is 10.6 Å². The Morgan fingerprint density at radius 2 is 1.80 bits per heavy atom. The maximum absolute atomic E-state index is 12.3. The van der Waals surface area contributed by atoms with Gasteiger partial charge in [0.2, 0.25) is 15.9 Å². The molecule has 6 nitrogen and oxygen atoms in total. The first-order valence-corrected chi connectivity index (χ1v) is 9.79. The first-order valence-electron chi connectivity index (χ1n) is 8.19. The number of sulfonamides is 1. The minimum Gasteiger partial charge on any atom is -0.374 e. The fraction of sp³-hybridized carbons (Fsp3) is 0.278. The lowest BCUT2D eigenvalue weighted by atomic mass is 10.2. The summed E-state index contributed by atoms with van der Waals surface area (Å²) >= 11 is 0. The summed E-state index contributed by atoms with van der Waals surface area (Å²) in [6, 6.07) is 15.9. The molecule has 1 atom stereocenters. The van der Waals surface area contributed by atoms with Crippen molar-refractivity contribution >= 4 is 33.0 Å². The maximum atomic E-state index is 12.3. The fourth-order valence-electron chi connectivity index (χ4n) is 2.77. The van der Waals surface area contributed by atoms with Gasteiger partial charge in [-0.05, 0) is 43.7 Å². The van der Waals surface area contributed by atoms with Crippen LogP contribution < -0.4 is 14.9 Å². The Morgan fingerprint density at radius 1 is 1.08 bits per heavy atom. The summed E-state index contributed by atoms with van der Waals surface area (Å²) in [6.45, 7) is 2.26. The number of anilines is 3. The van der Waals surface area contributed by atoms with E-state index in [0.717, 1.165) is 5.69 Å². The zero-order valence-electron chi connectivity index (χ0n) is 14.0. The van der Waals surface area contributed by atoms with Gasteiger partial charge in [0, 0.05) is 17.9 Å². The molecule has 0 unspecified atom stereocenters. The SMILES string of the molecule is C[C@@H](Nc1cccc(N2CCCS2(=O)=O)c1)C(=O)Nc1ccccc1. The van der Waals surface area contributed by atoms with Gasteiger partial charge in [-0.2, -0.15) is 0 Å². The molecule has 1 amide bonds. The molecule has 132 valence electrons. The Morgan fingerprint density at radius 3 is 2.48 bits per heavy atom. The van der Waals surface area contributed by atoms with Crippen molar-refractivity contribution in [2.24, 2.45) is 0 Å². The van der Waals surface area contributed by atoms with Crippen molar-refractivity contribution in [3.63, 3.8) is 0 Å². The molecule has 0 bridgehead atoms. The zero-order valence-corrected chi connectivity index (χ0v) is 14.8. The van der Waals surface area contributed by atoms with Crippen LogP contribution in [0.5, 0.6) is 0 Å². The number of para-hydroxylation sites is 1. The van der Waals surface area contributed by atoms with Crippen LogP contribution in [0.3, 0.4) is 0 Å². The van der Waals surface area contributed by atoms with Crippen LogP contribution in [0.2, 0.25) is 0 Å².